The van der Waals surface area contributed by atoms with Crippen molar-refractivity contribution >= 4 is 15.9 Å². The summed E-state index contributed by atoms with van der Waals surface area (Å²) in [7, 11) is -3.66. The molecule has 0 aliphatic rings. The zero-order valence-corrected chi connectivity index (χ0v) is 13.8. The molecule has 0 saturated carbocycles. The van der Waals surface area contributed by atoms with Crippen molar-refractivity contribution in [3.8, 4) is 0 Å². The van der Waals surface area contributed by atoms with Crippen LogP contribution in [0.4, 0.5) is 0 Å². The monoisotopic (exact) mass is 332 g/mol. The molecule has 0 aliphatic carbocycles. The molecule has 0 radical (unpaired) electrons. The number of aryl methyl sites for hydroxylation is 1. The van der Waals surface area contributed by atoms with Gasteiger partial charge in [-0.15, -0.1) is 0 Å². The summed E-state index contributed by atoms with van der Waals surface area (Å²) >= 11 is 0. The van der Waals surface area contributed by atoms with Crippen molar-refractivity contribution in [2.75, 3.05) is 6.54 Å². The van der Waals surface area contributed by atoms with Gasteiger partial charge in [0.15, 0.2) is 0 Å². The SMILES string of the molecule is Cc1cccc(CC(=O)NCCc2ccc(S(N)(=O)=O)cc2)c1. The van der Waals surface area contributed by atoms with Crippen LogP contribution in [-0.4, -0.2) is 20.9 Å². The third-order valence-corrected chi connectivity index (χ3v) is 4.36. The van der Waals surface area contributed by atoms with Crippen LogP contribution in [0.3, 0.4) is 0 Å². The first-order chi connectivity index (χ1) is 10.8. The molecule has 2 aromatic rings. The zero-order chi connectivity index (χ0) is 16.9. The topological polar surface area (TPSA) is 89.3 Å². The maximum atomic E-state index is 11.9. The molecule has 23 heavy (non-hydrogen) atoms. The summed E-state index contributed by atoms with van der Waals surface area (Å²) in [4.78, 5) is 12.0. The lowest BCUT2D eigenvalue weighted by Crippen LogP contribution is -2.27. The quantitative estimate of drug-likeness (QED) is 0.841. The van der Waals surface area contributed by atoms with Gasteiger partial charge in [-0.2, -0.15) is 0 Å². The Balaban J connectivity index is 1.81. The van der Waals surface area contributed by atoms with E-state index >= 15 is 0 Å². The van der Waals surface area contributed by atoms with Gasteiger partial charge in [0.2, 0.25) is 15.9 Å². The lowest BCUT2D eigenvalue weighted by Gasteiger charge is -2.07. The summed E-state index contributed by atoms with van der Waals surface area (Å²) in [6.07, 6.45) is 0.983. The molecule has 0 bridgehead atoms. The first-order valence-corrected chi connectivity index (χ1v) is 8.83. The Kier molecular flexibility index (Phi) is 5.52. The number of hydrogen-bond acceptors (Lipinski definition) is 3. The van der Waals surface area contributed by atoms with Crippen molar-refractivity contribution in [2.24, 2.45) is 5.14 Å². The number of amides is 1. The van der Waals surface area contributed by atoms with Crippen LogP contribution in [0.25, 0.3) is 0 Å². The van der Waals surface area contributed by atoms with Gasteiger partial charge in [0.05, 0.1) is 11.3 Å². The van der Waals surface area contributed by atoms with Gasteiger partial charge in [0.1, 0.15) is 0 Å². The van der Waals surface area contributed by atoms with Crippen molar-refractivity contribution in [1.82, 2.24) is 5.32 Å². The second-order valence-electron chi connectivity index (χ2n) is 5.45. The molecule has 0 unspecified atom stereocenters. The van der Waals surface area contributed by atoms with E-state index in [1.807, 2.05) is 31.2 Å². The van der Waals surface area contributed by atoms with E-state index in [1.54, 1.807) is 12.1 Å². The van der Waals surface area contributed by atoms with Crippen LogP contribution in [0, 0.1) is 6.92 Å². The molecule has 0 heterocycles. The summed E-state index contributed by atoms with van der Waals surface area (Å²) < 4.78 is 22.3. The van der Waals surface area contributed by atoms with E-state index in [-0.39, 0.29) is 10.8 Å². The van der Waals surface area contributed by atoms with Gasteiger partial charge in [0.25, 0.3) is 0 Å². The fourth-order valence-corrected chi connectivity index (χ4v) is 2.78. The minimum Gasteiger partial charge on any atom is -0.355 e. The summed E-state index contributed by atoms with van der Waals surface area (Å²) in [6, 6.07) is 14.2. The zero-order valence-electron chi connectivity index (χ0n) is 13.0. The van der Waals surface area contributed by atoms with Crippen LogP contribution < -0.4 is 10.5 Å². The van der Waals surface area contributed by atoms with Crippen molar-refractivity contribution < 1.29 is 13.2 Å². The minimum absolute atomic E-state index is 0.0308. The van der Waals surface area contributed by atoms with Crippen molar-refractivity contribution in [3.63, 3.8) is 0 Å². The number of nitrogens with one attached hydrogen (secondary N) is 1. The highest BCUT2D eigenvalue weighted by atomic mass is 32.2. The second-order valence-corrected chi connectivity index (χ2v) is 7.02. The van der Waals surface area contributed by atoms with Gasteiger partial charge in [0, 0.05) is 6.54 Å². The van der Waals surface area contributed by atoms with E-state index in [1.165, 1.54) is 12.1 Å². The molecule has 0 saturated heterocycles. The lowest BCUT2D eigenvalue weighted by atomic mass is 10.1. The van der Waals surface area contributed by atoms with Crippen LogP contribution in [0.1, 0.15) is 16.7 Å². The molecule has 3 N–H and O–H groups in total. The van der Waals surface area contributed by atoms with Crippen molar-refractivity contribution in [1.29, 1.82) is 0 Å². The molecule has 2 aromatic carbocycles. The molecule has 5 nitrogen and oxygen atoms in total. The van der Waals surface area contributed by atoms with Gasteiger partial charge < -0.3 is 5.32 Å². The molecule has 1 amide bonds. The molecule has 6 heteroatoms. The minimum atomic E-state index is -3.66. The number of sulfonamides is 1. The van der Waals surface area contributed by atoms with Crippen molar-refractivity contribution in [2.45, 2.75) is 24.7 Å². The Bertz CT molecular complexity index is 784. The van der Waals surface area contributed by atoms with Gasteiger partial charge >= 0.3 is 0 Å². The third-order valence-electron chi connectivity index (χ3n) is 3.43. The molecule has 0 spiro atoms. The average molecular weight is 332 g/mol. The Morgan fingerprint density at radius 3 is 2.39 bits per heavy atom. The average Bonchev–Trinajstić information content (AvgIpc) is 2.47. The Morgan fingerprint density at radius 1 is 1.09 bits per heavy atom. The van der Waals surface area contributed by atoms with Crippen LogP contribution in [0.15, 0.2) is 53.4 Å². The number of carbonyl (C=O) groups excluding carboxylic acids is 1. The molecule has 2 rings (SSSR count). The van der Waals surface area contributed by atoms with E-state index in [4.69, 9.17) is 5.14 Å². The van der Waals surface area contributed by atoms with E-state index in [2.05, 4.69) is 5.32 Å². The summed E-state index contributed by atoms with van der Waals surface area (Å²) in [5.41, 5.74) is 3.05. The number of primary sulfonamides is 1. The van der Waals surface area contributed by atoms with E-state index in [9.17, 15) is 13.2 Å². The predicted octanol–water partition coefficient (Wildman–Crippen LogP) is 1.54. The molecular formula is C17H20N2O3S. The normalized spacial score (nSPS) is 11.2. The van der Waals surface area contributed by atoms with Crippen LogP contribution in [-0.2, 0) is 27.7 Å². The number of rotatable bonds is 6. The van der Waals surface area contributed by atoms with Crippen LogP contribution in [0.2, 0.25) is 0 Å². The molecule has 122 valence electrons. The maximum absolute atomic E-state index is 11.9. The van der Waals surface area contributed by atoms with Crippen molar-refractivity contribution in [3.05, 3.63) is 65.2 Å². The highest BCUT2D eigenvalue weighted by molar-refractivity contribution is 7.89. The lowest BCUT2D eigenvalue weighted by molar-refractivity contribution is -0.120. The molecule has 0 atom stereocenters. The number of carbonyl (C=O) groups is 1. The fourth-order valence-electron chi connectivity index (χ4n) is 2.26. The first-order valence-electron chi connectivity index (χ1n) is 7.28. The van der Waals surface area contributed by atoms with Gasteiger partial charge in [-0.1, -0.05) is 42.0 Å². The Labute approximate surface area is 136 Å². The van der Waals surface area contributed by atoms with E-state index < -0.39 is 10.0 Å². The van der Waals surface area contributed by atoms with Crippen LogP contribution in [0.5, 0.6) is 0 Å². The van der Waals surface area contributed by atoms with Gasteiger partial charge in [-0.05, 0) is 36.6 Å². The summed E-state index contributed by atoms with van der Waals surface area (Å²) in [5.74, 6) is -0.0308. The summed E-state index contributed by atoms with van der Waals surface area (Å²) in [5, 5.41) is 7.91. The number of hydrogen-bond donors (Lipinski definition) is 2. The Morgan fingerprint density at radius 2 is 1.78 bits per heavy atom. The predicted molar refractivity (Wildman–Crippen MR) is 89.4 cm³/mol. The Hall–Kier alpha value is -2.18. The standard InChI is InChI=1S/C17H20N2O3S/c1-13-3-2-4-15(11-13)12-17(20)19-10-9-14-5-7-16(8-6-14)23(18,21)22/h2-8,11H,9-10,12H2,1H3,(H,19,20)(H2,18,21,22). The first kappa shape index (κ1) is 17.2. The molecule has 0 fully saturated rings. The molecule has 0 aromatic heterocycles. The summed E-state index contributed by atoms with van der Waals surface area (Å²) in [6.45, 7) is 2.49. The largest absolute Gasteiger partial charge is 0.355 e. The number of nitrogens with two attached hydrogens (primary N) is 1. The van der Waals surface area contributed by atoms with Crippen LogP contribution >= 0.6 is 0 Å². The molecular weight excluding hydrogens is 312 g/mol. The van der Waals surface area contributed by atoms with E-state index in [0.717, 1.165) is 16.7 Å². The van der Waals surface area contributed by atoms with Gasteiger partial charge in [-0.25, -0.2) is 13.6 Å². The maximum Gasteiger partial charge on any atom is 0.238 e. The fraction of sp³-hybridized carbons (Fsp3) is 0.235. The highest BCUT2D eigenvalue weighted by Gasteiger charge is 2.07. The number of benzene rings is 2. The molecule has 0 aliphatic heterocycles. The third kappa shape index (κ3) is 5.50. The second kappa shape index (κ2) is 7.39. The highest BCUT2D eigenvalue weighted by Crippen LogP contribution is 2.09. The smallest absolute Gasteiger partial charge is 0.238 e. The van der Waals surface area contributed by atoms with Gasteiger partial charge in [-0.3, -0.25) is 4.79 Å². The van der Waals surface area contributed by atoms with E-state index in [0.29, 0.717) is 19.4 Å².